The highest BCUT2D eigenvalue weighted by atomic mass is 35.5. The van der Waals surface area contributed by atoms with E-state index in [0.29, 0.717) is 56.5 Å². The molecule has 10 heteroatoms. The molecule has 0 radical (unpaired) electrons. The van der Waals surface area contributed by atoms with Crippen LogP contribution in [0.2, 0.25) is 5.02 Å². The van der Waals surface area contributed by atoms with Crippen LogP contribution in [0.3, 0.4) is 0 Å². The Morgan fingerprint density at radius 1 is 1.06 bits per heavy atom. The lowest BCUT2D eigenvalue weighted by Gasteiger charge is -2.34. The number of carbonyl (C=O) groups excluding carboxylic acids is 1. The summed E-state index contributed by atoms with van der Waals surface area (Å²) in [4.78, 5) is 20.7. The Labute approximate surface area is 193 Å². The first kappa shape index (κ1) is 23.3. The van der Waals surface area contributed by atoms with E-state index in [1.807, 2.05) is 29.2 Å². The van der Waals surface area contributed by atoms with E-state index in [9.17, 15) is 18.0 Å². The van der Waals surface area contributed by atoms with Gasteiger partial charge in [-0.25, -0.2) is 0 Å². The molecule has 33 heavy (non-hydrogen) atoms. The van der Waals surface area contributed by atoms with E-state index in [1.54, 1.807) is 0 Å². The number of halogens is 4. The first-order valence-corrected chi connectivity index (χ1v) is 10.9. The number of hydrogen-bond acceptors (Lipinski definition) is 5. The van der Waals surface area contributed by atoms with Gasteiger partial charge in [-0.15, -0.1) is 0 Å². The van der Waals surface area contributed by atoms with Crippen LogP contribution >= 0.6 is 11.6 Å². The summed E-state index contributed by atoms with van der Waals surface area (Å²) in [5.74, 6) is 0.518. The number of benzene rings is 2. The molecule has 1 saturated heterocycles. The van der Waals surface area contributed by atoms with Gasteiger partial charge in [0.15, 0.2) is 0 Å². The van der Waals surface area contributed by atoms with Crippen molar-refractivity contribution in [2.24, 2.45) is 0 Å². The number of rotatable bonds is 6. The highest BCUT2D eigenvalue weighted by Crippen LogP contribution is 2.31. The van der Waals surface area contributed by atoms with Crippen molar-refractivity contribution >= 4 is 17.5 Å². The maximum atomic E-state index is 12.9. The molecule has 4 rings (SSSR count). The smallest absolute Gasteiger partial charge is 0.340 e. The lowest BCUT2D eigenvalue weighted by molar-refractivity contribution is -0.137. The average Bonchev–Trinajstić information content (AvgIpc) is 3.27. The van der Waals surface area contributed by atoms with Crippen molar-refractivity contribution in [1.29, 1.82) is 0 Å². The van der Waals surface area contributed by atoms with Crippen LogP contribution in [0.15, 0.2) is 53.1 Å². The van der Waals surface area contributed by atoms with Crippen molar-refractivity contribution in [3.63, 3.8) is 0 Å². The number of nitrogens with zero attached hydrogens (tertiary/aromatic N) is 4. The molecule has 0 aliphatic carbocycles. The first-order chi connectivity index (χ1) is 15.8. The van der Waals surface area contributed by atoms with Gasteiger partial charge in [-0.1, -0.05) is 47.1 Å². The second-order valence-electron chi connectivity index (χ2n) is 7.84. The van der Waals surface area contributed by atoms with E-state index in [1.165, 1.54) is 12.1 Å². The summed E-state index contributed by atoms with van der Waals surface area (Å²) in [5.41, 5.74) is 0.439. The van der Waals surface area contributed by atoms with E-state index in [-0.39, 0.29) is 17.3 Å². The van der Waals surface area contributed by atoms with Crippen molar-refractivity contribution < 1.29 is 22.5 Å². The van der Waals surface area contributed by atoms with Crippen molar-refractivity contribution in [3.05, 3.63) is 70.6 Å². The zero-order valence-electron chi connectivity index (χ0n) is 17.7. The molecule has 174 valence electrons. The quantitative estimate of drug-likeness (QED) is 0.514. The summed E-state index contributed by atoms with van der Waals surface area (Å²) < 4.78 is 44.0. The molecule has 6 nitrogen and oxygen atoms in total. The van der Waals surface area contributed by atoms with Gasteiger partial charge in [0.25, 0.3) is 0 Å². The fraction of sp³-hybridized carbons (Fsp3) is 0.348. The lowest BCUT2D eigenvalue weighted by Crippen LogP contribution is -2.48. The normalized spacial score (nSPS) is 15.1. The number of piperazine rings is 1. The summed E-state index contributed by atoms with van der Waals surface area (Å²) in [6.45, 7) is 2.80. The molecule has 0 atom stereocenters. The van der Waals surface area contributed by atoms with Crippen molar-refractivity contribution in [3.8, 4) is 11.4 Å². The van der Waals surface area contributed by atoms with E-state index in [4.69, 9.17) is 16.1 Å². The van der Waals surface area contributed by atoms with Gasteiger partial charge in [-0.3, -0.25) is 9.69 Å². The highest BCUT2D eigenvalue weighted by Gasteiger charge is 2.31. The fourth-order valence-corrected chi connectivity index (χ4v) is 3.95. The number of aryl methyl sites for hydroxylation is 1. The number of alkyl halides is 3. The summed E-state index contributed by atoms with van der Waals surface area (Å²) in [5, 5.41) is 4.49. The second-order valence-corrected chi connectivity index (χ2v) is 8.25. The predicted octanol–water partition coefficient (Wildman–Crippen LogP) is 4.69. The van der Waals surface area contributed by atoms with Crippen LogP contribution in [0.1, 0.15) is 23.4 Å². The Balaban J connectivity index is 1.28. The number of amides is 1. The third-order valence-corrected chi connectivity index (χ3v) is 5.93. The predicted molar refractivity (Wildman–Crippen MR) is 116 cm³/mol. The Morgan fingerprint density at radius 2 is 1.82 bits per heavy atom. The van der Waals surface area contributed by atoms with Crippen LogP contribution in [-0.2, 0) is 23.9 Å². The van der Waals surface area contributed by atoms with Crippen LogP contribution in [0.4, 0.5) is 13.2 Å². The molecule has 0 unspecified atom stereocenters. The highest BCUT2D eigenvalue weighted by molar-refractivity contribution is 6.31. The van der Waals surface area contributed by atoms with Crippen molar-refractivity contribution in [2.75, 3.05) is 26.2 Å². The Kier molecular flexibility index (Phi) is 6.99. The molecule has 1 aromatic heterocycles. The molecule has 2 heterocycles. The van der Waals surface area contributed by atoms with Crippen LogP contribution in [0, 0.1) is 0 Å². The minimum atomic E-state index is -4.44. The van der Waals surface area contributed by atoms with E-state index in [2.05, 4.69) is 15.0 Å². The standard InChI is InChI=1S/C23H22ClF3N4O2/c24-19-7-2-1-4-16(19)8-9-21(32)31-12-10-30(11-13-31)15-20-28-22(29-33-20)17-5-3-6-18(14-17)23(25,26)27/h1-7,14H,8-13,15H2. The molecule has 1 fully saturated rings. The molecule has 1 aliphatic heterocycles. The summed E-state index contributed by atoms with van der Waals surface area (Å²) in [6, 6.07) is 12.3. The minimum Gasteiger partial charge on any atom is -0.340 e. The van der Waals surface area contributed by atoms with Crippen molar-refractivity contribution in [1.82, 2.24) is 19.9 Å². The molecule has 1 amide bonds. The minimum absolute atomic E-state index is 0.0826. The Hall–Kier alpha value is -2.91. The zero-order chi connectivity index (χ0) is 23.4. The maximum absolute atomic E-state index is 12.9. The van der Waals surface area contributed by atoms with Gasteiger partial charge in [-0.2, -0.15) is 18.2 Å². The largest absolute Gasteiger partial charge is 0.416 e. The topological polar surface area (TPSA) is 62.5 Å². The number of hydrogen-bond donors (Lipinski definition) is 0. The van der Waals surface area contributed by atoms with Gasteiger partial charge in [0, 0.05) is 43.2 Å². The number of carbonyl (C=O) groups is 1. The number of aromatic nitrogens is 2. The molecule has 0 bridgehead atoms. The van der Waals surface area contributed by atoms with Gasteiger partial charge in [0.1, 0.15) is 0 Å². The van der Waals surface area contributed by atoms with Gasteiger partial charge in [0.2, 0.25) is 17.6 Å². The van der Waals surface area contributed by atoms with Gasteiger partial charge < -0.3 is 9.42 Å². The van der Waals surface area contributed by atoms with Crippen molar-refractivity contribution in [2.45, 2.75) is 25.6 Å². The third-order valence-electron chi connectivity index (χ3n) is 5.57. The maximum Gasteiger partial charge on any atom is 0.416 e. The molecular formula is C23H22ClF3N4O2. The fourth-order valence-electron chi connectivity index (χ4n) is 3.72. The van der Waals surface area contributed by atoms with Gasteiger partial charge >= 0.3 is 6.18 Å². The van der Waals surface area contributed by atoms with E-state index >= 15 is 0 Å². The second kappa shape index (κ2) is 9.93. The lowest BCUT2D eigenvalue weighted by atomic mass is 10.1. The third kappa shape index (κ3) is 5.91. The molecule has 0 saturated carbocycles. The van der Waals surface area contributed by atoms with Crippen LogP contribution in [-0.4, -0.2) is 52.0 Å². The Morgan fingerprint density at radius 3 is 2.55 bits per heavy atom. The average molecular weight is 479 g/mol. The SMILES string of the molecule is O=C(CCc1ccccc1Cl)N1CCN(Cc2nc(-c3cccc(C(F)(F)F)c3)no2)CC1. The molecular weight excluding hydrogens is 457 g/mol. The van der Waals surface area contributed by atoms with Crippen LogP contribution < -0.4 is 0 Å². The van der Waals surface area contributed by atoms with Gasteiger partial charge in [0.05, 0.1) is 12.1 Å². The molecule has 0 N–H and O–H groups in total. The monoisotopic (exact) mass is 478 g/mol. The summed E-state index contributed by atoms with van der Waals surface area (Å²) in [6.07, 6.45) is -3.44. The zero-order valence-corrected chi connectivity index (χ0v) is 18.4. The summed E-state index contributed by atoms with van der Waals surface area (Å²) in [7, 11) is 0. The van der Waals surface area contributed by atoms with E-state index in [0.717, 1.165) is 17.7 Å². The Bertz CT molecular complexity index is 1110. The van der Waals surface area contributed by atoms with E-state index < -0.39 is 11.7 Å². The molecule has 2 aromatic carbocycles. The molecule has 0 spiro atoms. The molecule has 1 aliphatic rings. The first-order valence-electron chi connectivity index (χ1n) is 10.5. The summed E-state index contributed by atoms with van der Waals surface area (Å²) >= 11 is 6.16. The van der Waals surface area contributed by atoms with Crippen LogP contribution in [0.5, 0.6) is 0 Å². The van der Waals surface area contributed by atoms with Crippen LogP contribution in [0.25, 0.3) is 11.4 Å². The van der Waals surface area contributed by atoms with Gasteiger partial charge in [-0.05, 0) is 30.2 Å². The molecule has 3 aromatic rings.